The van der Waals surface area contributed by atoms with Crippen molar-refractivity contribution in [3.8, 4) is 0 Å². The van der Waals surface area contributed by atoms with Crippen molar-refractivity contribution < 1.29 is 24.5 Å². The van der Waals surface area contributed by atoms with Gasteiger partial charge in [-0.3, -0.25) is 0 Å². The van der Waals surface area contributed by atoms with Gasteiger partial charge in [0.25, 0.3) is 0 Å². The number of carboxylic acids is 1. The number of hydrogen-bond acceptors (Lipinski definition) is 5. The number of rotatable bonds is 4. The number of aliphatic hydroxyl groups is 1. The molecule has 0 bridgehead atoms. The molecule has 0 unspecified atom stereocenters. The summed E-state index contributed by atoms with van der Waals surface area (Å²) in [7, 11) is 0. The number of carboxylic acid groups (broad SMARTS) is 1. The summed E-state index contributed by atoms with van der Waals surface area (Å²) in [5.74, 6) is -1.51. The van der Waals surface area contributed by atoms with E-state index in [1.807, 2.05) is 0 Å². The smallest absolute Gasteiger partial charge is 0.408 e. The van der Waals surface area contributed by atoms with Crippen LogP contribution in [0.5, 0.6) is 0 Å². The maximum Gasteiger partial charge on any atom is 0.408 e. The quantitative estimate of drug-likeness (QED) is 0.687. The van der Waals surface area contributed by atoms with Crippen LogP contribution in [0.2, 0.25) is 15.3 Å². The molecule has 1 heterocycles. The van der Waals surface area contributed by atoms with Crippen molar-refractivity contribution >= 4 is 46.9 Å². The lowest BCUT2D eigenvalue weighted by molar-refractivity contribution is -0.142. The highest BCUT2D eigenvalue weighted by Crippen LogP contribution is 2.33. The molecule has 128 valence electrons. The Bertz CT molecular complexity index is 595. The maximum absolute atomic E-state index is 11.7. The van der Waals surface area contributed by atoms with Crippen LogP contribution in [-0.4, -0.2) is 38.9 Å². The van der Waals surface area contributed by atoms with Crippen LogP contribution in [0, 0.1) is 0 Å². The summed E-state index contributed by atoms with van der Waals surface area (Å²) in [6, 6.07) is -0.553. The van der Waals surface area contributed by atoms with Crippen LogP contribution in [0.15, 0.2) is 6.07 Å². The minimum atomic E-state index is -1.76. The van der Waals surface area contributed by atoms with Gasteiger partial charge in [-0.15, -0.1) is 0 Å². The highest BCUT2D eigenvalue weighted by Gasteiger charge is 2.34. The number of hydrogen-bond donors (Lipinski definition) is 3. The van der Waals surface area contributed by atoms with Gasteiger partial charge < -0.3 is 20.3 Å². The molecule has 7 nitrogen and oxygen atoms in total. The average Bonchev–Trinajstić information content (AvgIpc) is 2.31. The second kappa shape index (κ2) is 7.53. The number of aromatic nitrogens is 1. The summed E-state index contributed by atoms with van der Waals surface area (Å²) in [6.45, 7) is 4.82. The van der Waals surface area contributed by atoms with Gasteiger partial charge in [-0.2, -0.15) is 0 Å². The maximum atomic E-state index is 11.7. The van der Waals surface area contributed by atoms with Gasteiger partial charge >= 0.3 is 12.1 Å². The number of aliphatic hydroxyl groups excluding tert-OH is 1. The van der Waals surface area contributed by atoms with Crippen molar-refractivity contribution in [3.05, 3.63) is 27.0 Å². The second-order valence-corrected chi connectivity index (χ2v) is 6.69. The lowest BCUT2D eigenvalue weighted by Crippen LogP contribution is -2.47. The van der Waals surface area contributed by atoms with E-state index < -0.39 is 29.8 Å². The van der Waals surface area contributed by atoms with Crippen LogP contribution in [0.4, 0.5) is 4.79 Å². The number of pyridine rings is 1. The van der Waals surface area contributed by atoms with Gasteiger partial charge in [0.1, 0.15) is 22.0 Å². The summed E-state index contributed by atoms with van der Waals surface area (Å²) in [4.78, 5) is 26.8. The van der Waals surface area contributed by atoms with Crippen LogP contribution in [0.25, 0.3) is 0 Å². The van der Waals surface area contributed by atoms with E-state index in [1.165, 1.54) is 6.07 Å². The first-order valence-corrected chi connectivity index (χ1v) is 7.47. The molecule has 2 atom stereocenters. The largest absolute Gasteiger partial charge is 0.480 e. The molecule has 1 rings (SSSR count). The van der Waals surface area contributed by atoms with Gasteiger partial charge in [0, 0.05) is 5.56 Å². The molecule has 1 amide bonds. The van der Waals surface area contributed by atoms with Crippen molar-refractivity contribution in [2.45, 2.75) is 38.5 Å². The Labute approximate surface area is 147 Å². The van der Waals surface area contributed by atoms with Crippen molar-refractivity contribution in [1.29, 1.82) is 0 Å². The molecule has 0 aromatic carbocycles. The first-order valence-electron chi connectivity index (χ1n) is 6.34. The molecule has 3 N–H and O–H groups in total. The van der Waals surface area contributed by atoms with Crippen LogP contribution in [0.3, 0.4) is 0 Å². The summed E-state index contributed by atoms with van der Waals surface area (Å²) in [5.41, 5.74) is -1.00. The Morgan fingerprint density at radius 1 is 1.30 bits per heavy atom. The lowest BCUT2D eigenvalue weighted by atomic mass is 10.0. The Morgan fingerprint density at radius 2 is 1.87 bits per heavy atom. The number of carbonyl (C=O) groups is 2. The molecule has 0 aliphatic heterocycles. The SMILES string of the molecule is CC(C)(C)OC(=O)N[C@@H](C(=O)O)[C@@H](O)c1c(Cl)cc(Cl)nc1Cl. The summed E-state index contributed by atoms with van der Waals surface area (Å²) in [5, 5.41) is 21.1. The fraction of sp³-hybridized carbons (Fsp3) is 0.462. The Morgan fingerprint density at radius 3 is 2.30 bits per heavy atom. The van der Waals surface area contributed by atoms with Crippen LogP contribution in [0.1, 0.15) is 32.4 Å². The molecule has 0 aliphatic carbocycles. The van der Waals surface area contributed by atoms with Crippen LogP contribution >= 0.6 is 34.8 Å². The average molecular weight is 386 g/mol. The Balaban J connectivity index is 3.07. The van der Waals surface area contributed by atoms with E-state index in [4.69, 9.17) is 39.5 Å². The van der Waals surface area contributed by atoms with Crippen LogP contribution < -0.4 is 5.32 Å². The topological polar surface area (TPSA) is 109 Å². The van der Waals surface area contributed by atoms with Gasteiger partial charge in [0.05, 0.1) is 5.02 Å². The van der Waals surface area contributed by atoms with E-state index in [9.17, 15) is 19.8 Å². The highest BCUT2D eigenvalue weighted by molar-refractivity contribution is 6.37. The predicted molar refractivity (Wildman–Crippen MR) is 85.0 cm³/mol. The van der Waals surface area contributed by atoms with Crippen molar-refractivity contribution in [2.24, 2.45) is 0 Å². The van der Waals surface area contributed by atoms with Gasteiger partial charge in [-0.1, -0.05) is 34.8 Å². The molecule has 23 heavy (non-hydrogen) atoms. The number of carbonyl (C=O) groups excluding carboxylic acids is 1. The zero-order valence-electron chi connectivity index (χ0n) is 12.4. The first-order chi connectivity index (χ1) is 10.4. The molecule has 0 spiro atoms. The summed E-state index contributed by atoms with van der Waals surface area (Å²) >= 11 is 17.4. The number of nitrogens with one attached hydrogen (secondary N) is 1. The minimum Gasteiger partial charge on any atom is -0.480 e. The van der Waals surface area contributed by atoms with Crippen molar-refractivity contribution in [2.75, 3.05) is 0 Å². The molecular weight excluding hydrogens is 371 g/mol. The molecule has 0 saturated carbocycles. The molecule has 1 aromatic heterocycles. The molecule has 0 saturated heterocycles. The zero-order chi connectivity index (χ0) is 17.9. The third kappa shape index (κ3) is 5.69. The first kappa shape index (κ1) is 19.8. The second-order valence-electron chi connectivity index (χ2n) is 5.54. The minimum absolute atomic E-state index is 0.0251. The number of ether oxygens (including phenoxy) is 1. The number of halogens is 3. The van der Waals surface area contributed by atoms with Gasteiger partial charge in [-0.25, -0.2) is 14.6 Å². The molecule has 0 aliphatic rings. The molecule has 10 heteroatoms. The third-order valence-corrected chi connectivity index (χ3v) is 3.27. The van der Waals surface area contributed by atoms with E-state index in [0.29, 0.717) is 0 Å². The van der Waals surface area contributed by atoms with E-state index in [1.54, 1.807) is 20.8 Å². The highest BCUT2D eigenvalue weighted by atomic mass is 35.5. The molecule has 1 aromatic rings. The van der Waals surface area contributed by atoms with Crippen LogP contribution in [-0.2, 0) is 9.53 Å². The molecule has 0 radical (unpaired) electrons. The van der Waals surface area contributed by atoms with E-state index in [2.05, 4.69) is 10.3 Å². The normalized spacial score (nSPS) is 14.0. The fourth-order valence-corrected chi connectivity index (χ4v) is 2.56. The standard InChI is InChI=1S/C13H15Cl3N2O5/c1-13(2,3)23-12(22)18-8(11(20)21)9(19)7-5(14)4-6(15)17-10(7)16/h4,8-9,19H,1-3H3,(H,18,22)(H,20,21)/t8-,9+/m1/s1. The summed E-state index contributed by atoms with van der Waals surface area (Å²) < 4.78 is 4.96. The Kier molecular flexibility index (Phi) is 6.47. The molecule has 0 fully saturated rings. The summed E-state index contributed by atoms with van der Waals surface area (Å²) in [6.07, 6.45) is -2.78. The van der Waals surface area contributed by atoms with E-state index in [0.717, 1.165) is 0 Å². The zero-order valence-corrected chi connectivity index (χ0v) is 14.7. The van der Waals surface area contributed by atoms with E-state index >= 15 is 0 Å². The number of nitrogens with zero attached hydrogens (tertiary/aromatic N) is 1. The number of alkyl carbamates (subject to hydrolysis) is 1. The number of aliphatic carboxylic acids is 1. The Hall–Kier alpha value is -1.28. The van der Waals surface area contributed by atoms with Gasteiger partial charge in [-0.05, 0) is 26.8 Å². The molecular formula is C13H15Cl3N2O5. The number of amides is 1. The predicted octanol–water partition coefficient (Wildman–Crippen LogP) is 3.05. The lowest BCUT2D eigenvalue weighted by Gasteiger charge is -2.25. The van der Waals surface area contributed by atoms with Gasteiger partial charge in [0.2, 0.25) is 0 Å². The van der Waals surface area contributed by atoms with E-state index in [-0.39, 0.29) is 20.9 Å². The third-order valence-electron chi connectivity index (χ3n) is 2.48. The van der Waals surface area contributed by atoms with Crippen molar-refractivity contribution in [3.63, 3.8) is 0 Å². The monoisotopic (exact) mass is 384 g/mol. The van der Waals surface area contributed by atoms with Crippen molar-refractivity contribution in [1.82, 2.24) is 10.3 Å². The fourth-order valence-electron chi connectivity index (χ4n) is 1.61. The van der Waals surface area contributed by atoms with Gasteiger partial charge in [0.15, 0.2) is 6.04 Å².